The fourth-order valence-corrected chi connectivity index (χ4v) is 3.11. The summed E-state index contributed by atoms with van der Waals surface area (Å²) in [7, 11) is -0.562. The zero-order valence-electron chi connectivity index (χ0n) is 13.9. The van der Waals surface area contributed by atoms with E-state index in [1.807, 2.05) is 0 Å². The van der Waals surface area contributed by atoms with E-state index in [1.54, 1.807) is 24.3 Å². The number of esters is 1. The number of rotatable bonds is 4. The molecule has 130 valence electrons. The minimum absolute atomic E-state index is 0.164. The second kappa shape index (κ2) is 6.21. The number of nitrogens with one attached hydrogen (secondary N) is 1. The third kappa shape index (κ3) is 3.20. The van der Waals surface area contributed by atoms with E-state index in [-0.39, 0.29) is 4.90 Å². The van der Waals surface area contributed by atoms with Gasteiger partial charge in [0, 0.05) is 6.26 Å². The van der Waals surface area contributed by atoms with Crippen molar-refractivity contribution >= 4 is 26.8 Å². The van der Waals surface area contributed by atoms with E-state index in [1.165, 1.54) is 26.4 Å². The Kier molecular flexibility index (Phi) is 4.22. The summed E-state index contributed by atoms with van der Waals surface area (Å²) in [6.45, 7) is 0. The van der Waals surface area contributed by atoms with E-state index in [2.05, 4.69) is 9.97 Å². The maximum atomic E-state index is 11.7. The van der Waals surface area contributed by atoms with Gasteiger partial charge in [-0.2, -0.15) is 0 Å². The molecule has 0 atom stereocenters. The summed E-state index contributed by atoms with van der Waals surface area (Å²) in [5.74, 6) is 0.450. The molecule has 0 radical (unpaired) electrons. The lowest BCUT2D eigenvalue weighted by atomic mass is 10.2. The first kappa shape index (κ1) is 17.0. The maximum absolute atomic E-state index is 11.7. The van der Waals surface area contributed by atoms with Crippen LogP contribution in [0.1, 0.15) is 10.4 Å². The molecule has 0 unspecified atom stereocenters. The van der Waals surface area contributed by atoms with Gasteiger partial charge in [0.25, 0.3) is 0 Å². The molecule has 0 fully saturated rings. The van der Waals surface area contributed by atoms with E-state index >= 15 is 0 Å². The largest absolute Gasteiger partial charge is 0.496 e. The van der Waals surface area contributed by atoms with Crippen LogP contribution in [0.5, 0.6) is 5.75 Å². The average Bonchev–Trinajstić information content (AvgIpc) is 3.02. The summed E-state index contributed by atoms with van der Waals surface area (Å²) >= 11 is 0. The van der Waals surface area contributed by atoms with Crippen LogP contribution >= 0.6 is 0 Å². The molecule has 7 nitrogen and oxygen atoms in total. The molecule has 0 amide bonds. The third-order valence-corrected chi connectivity index (χ3v) is 4.87. The smallest absolute Gasteiger partial charge is 0.337 e. The van der Waals surface area contributed by atoms with E-state index in [9.17, 15) is 13.2 Å². The Bertz CT molecular complexity index is 1070. The Morgan fingerprint density at radius 2 is 1.88 bits per heavy atom. The minimum atomic E-state index is -3.34. The van der Waals surface area contributed by atoms with Gasteiger partial charge in [0.1, 0.15) is 11.6 Å². The molecule has 1 heterocycles. The van der Waals surface area contributed by atoms with Crippen LogP contribution in [0, 0.1) is 0 Å². The molecule has 0 saturated heterocycles. The summed E-state index contributed by atoms with van der Waals surface area (Å²) in [6.07, 6.45) is 1.14. The van der Waals surface area contributed by atoms with Gasteiger partial charge in [0.05, 0.1) is 41.3 Å². The van der Waals surface area contributed by atoms with Crippen LogP contribution in [0.3, 0.4) is 0 Å². The van der Waals surface area contributed by atoms with Gasteiger partial charge < -0.3 is 14.5 Å². The van der Waals surface area contributed by atoms with E-state index in [4.69, 9.17) is 9.47 Å². The molecule has 1 aromatic heterocycles. The Balaban J connectivity index is 2.11. The summed E-state index contributed by atoms with van der Waals surface area (Å²) < 4.78 is 33.4. The van der Waals surface area contributed by atoms with Crippen LogP contribution in [0.15, 0.2) is 41.3 Å². The monoisotopic (exact) mass is 360 g/mol. The van der Waals surface area contributed by atoms with E-state index in [0.29, 0.717) is 28.2 Å². The van der Waals surface area contributed by atoms with Crippen LogP contribution in [0.4, 0.5) is 0 Å². The molecular weight excluding hydrogens is 344 g/mol. The van der Waals surface area contributed by atoms with Crippen LogP contribution in [-0.4, -0.2) is 44.8 Å². The standard InChI is InChI=1S/C17H16N2O5S/c1-23-15-9-11(25(3,21)22)5-6-12(15)16-18-13-7-4-10(17(20)24-2)8-14(13)19-16/h4-9H,1-3H3,(H,18,19). The number of H-pyrrole nitrogens is 1. The lowest BCUT2D eigenvalue weighted by molar-refractivity contribution is 0.0601. The Morgan fingerprint density at radius 1 is 1.12 bits per heavy atom. The molecule has 0 bridgehead atoms. The van der Waals surface area contributed by atoms with Crippen molar-refractivity contribution in [3.8, 4) is 17.1 Å². The number of benzene rings is 2. The number of methoxy groups -OCH3 is 2. The van der Waals surface area contributed by atoms with Crippen LogP contribution in [0.2, 0.25) is 0 Å². The summed E-state index contributed by atoms with van der Waals surface area (Å²) in [5.41, 5.74) is 2.34. The first-order valence-corrected chi connectivity index (χ1v) is 9.19. The van der Waals surface area contributed by atoms with Crippen molar-refractivity contribution in [1.82, 2.24) is 9.97 Å². The molecular formula is C17H16N2O5S. The number of aromatic nitrogens is 2. The quantitative estimate of drug-likeness (QED) is 0.718. The second-order valence-corrected chi connectivity index (χ2v) is 7.46. The van der Waals surface area contributed by atoms with Gasteiger partial charge in [0.15, 0.2) is 9.84 Å². The van der Waals surface area contributed by atoms with Crippen LogP contribution < -0.4 is 4.74 Å². The Morgan fingerprint density at radius 3 is 2.52 bits per heavy atom. The van der Waals surface area contributed by atoms with Crippen molar-refractivity contribution in [3.05, 3.63) is 42.0 Å². The highest BCUT2D eigenvalue weighted by Gasteiger charge is 2.16. The Labute approximate surface area is 144 Å². The van der Waals surface area contributed by atoms with Gasteiger partial charge in [-0.05, 0) is 36.4 Å². The molecule has 3 rings (SSSR count). The highest BCUT2D eigenvalue weighted by molar-refractivity contribution is 7.90. The van der Waals surface area contributed by atoms with Crippen LogP contribution in [0.25, 0.3) is 22.4 Å². The lowest BCUT2D eigenvalue weighted by Crippen LogP contribution is -2.00. The molecule has 1 N–H and O–H groups in total. The van der Waals surface area contributed by atoms with Gasteiger partial charge in [-0.25, -0.2) is 18.2 Å². The molecule has 0 saturated carbocycles. The first-order chi connectivity index (χ1) is 11.8. The van der Waals surface area contributed by atoms with Gasteiger partial charge in [-0.15, -0.1) is 0 Å². The molecule has 0 spiro atoms. The van der Waals surface area contributed by atoms with E-state index < -0.39 is 15.8 Å². The predicted octanol–water partition coefficient (Wildman–Crippen LogP) is 2.43. The maximum Gasteiger partial charge on any atom is 0.337 e. The molecule has 0 aliphatic heterocycles. The van der Waals surface area contributed by atoms with Crippen LogP contribution in [-0.2, 0) is 14.6 Å². The molecule has 0 aliphatic carbocycles. The summed E-state index contributed by atoms with van der Waals surface area (Å²) in [6, 6.07) is 9.58. The number of carbonyl (C=O) groups is 1. The molecule has 2 aromatic carbocycles. The number of nitrogens with zero attached hydrogens (tertiary/aromatic N) is 1. The van der Waals surface area contributed by atoms with Gasteiger partial charge in [0.2, 0.25) is 0 Å². The molecule has 3 aromatic rings. The predicted molar refractivity (Wildman–Crippen MR) is 92.5 cm³/mol. The summed E-state index contributed by atoms with van der Waals surface area (Å²) in [4.78, 5) is 19.4. The summed E-state index contributed by atoms with van der Waals surface area (Å²) in [5, 5.41) is 0. The number of carbonyl (C=O) groups excluding carboxylic acids is 1. The van der Waals surface area contributed by atoms with Gasteiger partial charge in [-0.1, -0.05) is 0 Å². The number of hydrogen-bond acceptors (Lipinski definition) is 6. The Hall–Kier alpha value is -2.87. The van der Waals surface area contributed by atoms with Crippen molar-refractivity contribution in [3.63, 3.8) is 0 Å². The van der Waals surface area contributed by atoms with Crippen molar-refractivity contribution in [2.45, 2.75) is 4.90 Å². The SMILES string of the molecule is COC(=O)c1ccc2[nH]c(-c3ccc(S(C)(=O)=O)cc3OC)nc2c1. The number of imidazole rings is 1. The fraction of sp³-hybridized carbons (Fsp3) is 0.176. The fourth-order valence-electron chi connectivity index (χ4n) is 2.48. The van der Waals surface area contributed by atoms with Crippen molar-refractivity contribution in [2.75, 3.05) is 20.5 Å². The van der Waals surface area contributed by atoms with E-state index in [0.717, 1.165) is 11.8 Å². The highest BCUT2D eigenvalue weighted by atomic mass is 32.2. The number of sulfone groups is 1. The molecule has 25 heavy (non-hydrogen) atoms. The van der Waals surface area contributed by atoms with Crippen molar-refractivity contribution < 1.29 is 22.7 Å². The number of fused-ring (bicyclic) bond motifs is 1. The first-order valence-electron chi connectivity index (χ1n) is 7.30. The normalized spacial score (nSPS) is 11.5. The molecule has 0 aliphatic rings. The van der Waals surface area contributed by atoms with Crippen molar-refractivity contribution in [1.29, 1.82) is 0 Å². The van der Waals surface area contributed by atoms with Gasteiger partial charge in [-0.3, -0.25) is 0 Å². The minimum Gasteiger partial charge on any atom is -0.496 e. The number of aromatic amines is 1. The zero-order chi connectivity index (χ0) is 18.2. The van der Waals surface area contributed by atoms with Gasteiger partial charge >= 0.3 is 5.97 Å². The number of hydrogen-bond donors (Lipinski definition) is 1. The molecule has 8 heteroatoms. The topological polar surface area (TPSA) is 98.4 Å². The number of ether oxygens (including phenoxy) is 2. The second-order valence-electron chi connectivity index (χ2n) is 5.44. The average molecular weight is 360 g/mol. The third-order valence-electron chi connectivity index (χ3n) is 3.76. The highest BCUT2D eigenvalue weighted by Crippen LogP contribution is 2.31. The lowest BCUT2D eigenvalue weighted by Gasteiger charge is -2.08. The van der Waals surface area contributed by atoms with Crippen molar-refractivity contribution in [2.24, 2.45) is 0 Å². The zero-order valence-corrected chi connectivity index (χ0v) is 14.7.